The van der Waals surface area contributed by atoms with Crippen LogP contribution in [0.15, 0.2) is 91.3 Å². The number of fused-ring (bicyclic) bond motifs is 1. The lowest BCUT2D eigenvalue weighted by Crippen LogP contribution is -2.39. The summed E-state index contributed by atoms with van der Waals surface area (Å²) in [5, 5.41) is 13.2. The third-order valence-corrected chi connectivity index (χ3v) is 8.27. The van der Waals surface area contributed by atoms with Crippen molar-refractivity contribution < 1.29 is 0 Å². The minimum Gasteiger partial charge on any atom is -0.383 e. The Bertz CT molecular complexity index is 2010. The third kappa shape index (κ3) is 6.04. The van der Waals surface area contributed by atoms with Crippen LogP contribution in [0.5, 0.6) is 0 Å². The summed E-state index contributed by atoms with van der Waals surface area (Å²) in [5.74, 6) is 1.60. The molecule has 5 heterocycles. The fourth-order valence-electron chi connectivity index (χ4n) is 5.69. The van der Waals surface area contributed by atoms with Gasteiger partial charge in [0.2, 0.25) is 5.95 Å². The lowest BCUT2D eigenvalue weighted by Gasteiger charge is -2.32. The van der Waals surface area contributed by atoms with Gasteiger partial charge in [-0.2, -0.15) is 5.26 Å². The zero-order chi connectivity index (χ0) is 30.8. The van der Waals surface area contributed by atoms with Gasteiger partial charge in [-0.05, 0) is 73.0 Å². The molecule has 1 saturated heterocycles. The second-order valence-corrected chi connectivity index (χ2v) is 11.4. The number of likely N-dealkylation sites (tertiary alicyclic amines) is 1. The van der Waals surface area contributed by atoms with Crippen LogP contribution in [0.2, 0.25) is 5.02 Å². The number of benzene rings is 2. The normalized spacial score (nSPS) is 14.0. The summed E-state index contributed by atoms with van der Waals surface area (Å²) in [6.45, 7) is 2.75. The number of anilines is 2. The van der Waals surface area contributed by atoms with E-state index < -0.39 is 0 Å². The first kappa shape index (κ1) is 28.4. The molecule has 6 aromatic rings. The Labute approximate surface area is 265 Å². The van der Waals surface area contributed by atoms with Gasteiger partial charge in [0.1, 0.15) is 23.1 Å². The van der Waals surface area contributed by atoms with E-state index >= 15 is 0 Å². The number of nitrogens with one attached hydrogen (secondary N) is 1. The Morgan fingerprint density at radius 2 is 1.69 bits per heavy atom. The highest BCUT2D eigenvalue weighted by Gasteiger charge is 2.21. The van der Waals surface area contributed by atoms with Crippen molar-refractivity contribution in [1.82, 2.24) is 34.4 Å². The molecular weight excluding hydrogens is 584 g/mol. The lowest BCUT2D eigenvalue weighted by atomic mass is 10.0. The van der Waals surface area contributed by atoms with Gasteiger partial charge in [-0.1, -0.05) is 35.9 Å². The topological polar surface area (TPSA) is 134 Å². The van der Waals surface area contributed by atoms with Crippen molar-refractivity contribution in [2.75, 3.05) is 24.1 Å². The highest BCUT2D eigenvalue weighted by atomic mass is 35.5. The Balaban J connectivity index is 1.13. The fraction of sp³-hybridized carbons (Fsp3) is 0.176. The number of piperidine rings is 1. The van der Waals surface area contributed by atoms with Gasteiger partial charge < -0.3 is 11.1 Å². The molecular formula is C34H29ClN10. The van der Waals surface area contributed by atoms with Crippen molar-refractivity contribution >= 4 is 34.5 Å². The molecule has 0 bridgehead atoms. The first-order chi connectivity index (χ1) is 22.0. The van der Waals surface area contributed by atoms with Gasteiger partial charge >= 0.3 is 0 Å². The van der Waals surface area contributed by atoms with Crippen LogP contribution in [0.3, 0.4) is 0 Å². The zero-order valence-electron chi connectivity index (χ0n) is 24.3. The number of aromatic nitrogens is 6. The maximum absolute atomic E-state index is 9.11. The van der Waals surface area contributed by atoms with E-state index in [1.54, 1.807) is 18.5 Å². The highest BCUT2D eigenvalue weighted by Crippen LogP contribution is 2.32. The lowest BCUT2D eigenvalue weighted by molar-refractivity contribution is 0.211. The molecule has 0 spiro atoms. The molecule has 11 heteroatoms. The molecule has 1 aliphatic heterocycles. The van der Waals surface area contributed by atoms with E-state index in [9.17, 15) is 0 Å². The molecule has 0 unspecified atom stereocenters. The van der Waals surface area contributed by atoms with E-state index in [-0.39, 0.29) is 6.04 Å². The third-order valence-electron chi connectivity index (χ3n) is 8.02. The number of hydrogen-bond donors (Lipinski definition) is 2. The summed E-state index contributed by atoms with van der Waals surface area (Å²) in [6, 6.07) is 27.9. The number of halogens is 1. The molecule has 1 fully saturated rings. The smallest absolute Gasteiger partial charge is 0.224 e. The quantitative estimate of drug-likeness (QED) is 0.218. The van der Waals surface area contributed by atoms with Crippen molar-refractivity contribution in [3.63, 3.8) is 0 Å². The van der Waals surface area contributed by atoms with Crippen LogP contribution in [0.4, 0.5) is 11.8 Å². The summed E-state index contributed by atoms with van der Waals surface area (Å²) < 4.78 is 2.05. The van der Waals surface area contributed by atoms with E-state index in [0.29, 0.717) is 28.3 Å². The molecule has 7 rings (SSSR count). The Hall–Kier alpha value is -5.37. The van der Waals surface area contributed by atoms with Crippen molar-refractivity contribution in [2.45, 2.75) is 25.4 Å². The first-order valence-corrected chi connectivity index (χ1v) is 15.1. The predicted molar refractivity (Wildman–Crippen MR) is 176 cm³/mol. The van der Waals surface area contributed by atoms with Gasteiger partial charge in [0, 0.05) is 54.3 Å². The summed E-state index contributed by atoms with van der Waals surface area (Å²) in [4.78, 5) is 25.3. The minimum atomic E-state index is 0.274. The second-order valence-electron chi connectivity index (χ2n) is 11.0. The van der Waals surface area contributed by atoms with Gasteiger partial charge in [-0.25, -0.2) is 24.9 Å². The summed E-state index contributed by atoms with van der Waals surface area (Å²) in [6.07, 6.45) is 5.23. The molecule has 0 radical (unpaired) electrons. The molecule has 2 aromatic carbocycles. The second kappa shape index (κ2) is 12.3. The van der Waals surface area contributed by atoms with Gasteiger partial charge in [0.25, 0.3) is 0 Å². The SMILES string of the molecule is N#Cc1ccnc(NC2CCN(Cc3ccc(-n4c(-c5cccnc5N)nc5ccc(-c6ccc(Cl)cc6)nc54)cc3)CC2)n1. The number of rotatable bonds is 7. The Morgan fingerprint density at radius 3 is 2.44 bits per heavy atom. The van der Waals surface area contributed by atoms with Crippen LogP contribution in [-0.4, -0.2) is 53.5 Å². The Kier molecular flexibility index (Phi) is 7.78. The maximum Gasteiger partial charge on any atom is 0.224 e. The van der Waals surface area contributed by atoms with Crippen molar-refractivity contribution in [1.29, 1.82) is 5.26 Å². The predicted octanol–water partition coefficient (Wildman–Crippen LogP) is 6.12. The molecule has 3 N–H and O–H groups in total. The maximum atomic E-state index is 9.11. The highest BCUT2D eigenvalue weighted by molar-refractivity contribution is 6.30. The Morgan fingerprint density at radius 1 is 0.889 bits per heavy atom. The molecule has 0 saturated carbocycles. The van der Waals surface area contributed by atoms with Gasteiger partial charge in [-0.3, -0.25) is 9.47 Å². The average Bonchev–Trinajstić information content (AvgIpc) is 3.45. The molecule has 0 atom stereocenters. The number of nitrogens with two attached hydrogens (primary N) is 1. The monoisotopic (exact) mass is 612 g/mol. The van der Waals surface area contributed by atoms with E-state index in [4.69, 9.17) is 32.6 Å². The van der Waals surface area contributed by atoms with Crippen LogP contribution < -0.4 is 11.1 Å². The first-order valence-electron chi connectivity index (χ1n) is 14.7. The molecule has 4 aromatic heterocycles. The molecule has 10 nitrogen and oxygen atoms in total. The van der Waals surface area contributed by atoms with Crippen molar-refractivity contribution in [2.24, 2.45) is 0 Å². The summed E-state index contributed by atoms with van der Waals surface area (Å²) in [7, 11) is 0. The van der Waals surface area contributed by atoms with Gasteiger partial charge in [0.15, 0.2) is 11.5 Å². The molecule has 45 heavy (non-hydrogen) atoms. The number of imidazole rings is 1. The van der Waals surface area contributed by atoms with Crippen molar-refractivity contribution in [3.8, 4) is 34.4 Å². The largest absolute Gasteiger partial charge is 0.383 e. The van der Waals surface area contributed by atoms with Crippen LogP contribution in [-0.2, 0) is 6.54 Å². The number of nitrogens with zero attached hydrogens (tertiary/aromatic N) is 8. The molecule has 0 amide bonds. The molecule has 0 aliphatic carbocycles. The van der Waals surface area contributed by atoms with E-state index in [1.165, 1.54) is 5.56 Å². The van der Waals surface area contributed by atoms with E-state index in [0.717, 1.165) is 66.1 Å². The van der Waals surface area contributed by atoms with Crippen LogP contribution in [0, 0.1) is 11.3 Å². The summed E-state index contributed by atoms with van der Waals surface area (Å²) >= 11 is 6.13. The van der Waals surface area contributed by atoms with Crippen LogP contribution in [0.1, 0.15) is 24.1 Å². The summed E-state index contributed by atoms with van der Waals surface area (Å²) in [5.41, 5.74) is 12.9. The van der Waals surface area contributed by atoms with Gasteiger partial charge in [-0.15, -0.1) is 0 Å². The van der Waals surface area contributed by atoms with Gasteiger partial charge in [0.05, 0.1) is 11.3 Å². The van der Waals surface area contributed by atoms with Crippen LogP contribution in [0.25, 0.3) is 39.5 Å². The zero-order valence-corrected chi connectivity index (χ0v) is 25.1. The average molecular weight is 613 g/mol. The molecule has 1 aliphatic rings. The fourth-order valence-corrected chi connectivity index (χ4v) is 5.81. The number of nitriles is 1. The minimum absolute atomic E-state index is 0.274. The molecule has 222 valence electrons. The van der Waals surface area contributed by atoms with Crippen molar-refractivity contribution in [3.05, 3.63) is 108 Å². The number of pyridine rings is 2. The van der Waals surface area contributed by atoms with Crippen LogP contribution >= 0.6 is 11.6 Å². The van der Waals surface area contributed by atoms with E-state index in [1.807, 2.05) is 53.1 Å². The number of nitrogen functional groups attached to an aromatic ring is 1. The van der Waals surface area contributed by atoms with E-state index in [2.05, 4.69) is 55.5 Å². The number of hydrogen-bond acceptors (Lipinski definition) is 9. The standard InChI is InChI=1S/C34H29ClN10/c35-24-7-5-23(6-8-24)29-11-12-30-33(42-29)45(32(43-30)28-2-1-16-38-31(28)37)27-9-3-22(4-10-27)21-44-18-14-25(15-19-44)40-34-39-17-13-26(20-36)41-34/h1-13,16-17,25H,14-15,18-19,21H2,(H2,37,38)(H,39,40,41).